The first-order chi connectivity index (χ1) is 44.8. The number of hydrogen-bond donors (Lipinski definition) is 6. The monoisotopic (exact) mass is 1310 g/mol. The number of fused-ring (bicyclic) bond motifs is 2. The Balaban J connectivity index is 0.853. The number of amides is 7. The largest absolute Gasteiger partial charge is 0.507 e. The molecule has 3 aromatic carbocycles. The Labute approximate surface area is 549 Å². The molecular formula is C70H84N8O15S. The van der Waals surface area contributed by atoms with Gasteiger partial charge in [0, 0.05) is 99.1 Å². The molecule has 3 aromatic rings. The number of Topliss-reactive ketones (excluding diaryl/α,β-unsaturated/α-hetero) is 1. The van der Waals surface area contributed by atoms with Crippen molar-refractivity contribution >= 4 is 96.7 Å². The summed E-state index contributed by atoms with van der Waals surface area (Å²) in [6.07, 6.45) is 12.4. The maximum absolute atomic E-state index is 15.1. The number of nitrogens with one attached hydrogen (secondary N) is 4. The molecule has 500 valence electrons. The maximum Gasteiger partial charge on any atom is 0.410 e. The van der Waals surface area contributed by atoms with Gasteiger partial charge < -0.3 is 60.2 Å². The minimum absolute atomic E-state index is 0.00509. The fraction of sp³-hybridized carbons (Fsp3) is 0.457. The molecule has 4 bridgehead atoms. The number of aliphatic hydroxyl groups excluding tert-OH is 1. The van der Waals surface area contributed by atoms with Crippen LogP contribution in [-0.2, 0) is 49.6 Å². The van der Waals surface area contributed by atoms with Gasteiger partial charge in [-0.05, 0) is 105 Å². The zero-order valence-electron chi connectivity index (χ0n) is 54.8. The molecule has 0 aromatic heterocycles. The van der Waals surface area contributed by atoms with Crippen molar-refractivity contribution in [3.8, 4) is 22.1 Å². The molecule has 6 N–H and O–H groups in total. The standard InChI is InChI=1S/C70H84N8O15S/c1-38(2)58(74-51(79)17-12-11-13-27-78-53(81)24-25-54(78)82)68(88)71-36-52(80)72-46-20-18-45(19-21-46)37-91-69(89)77-30-28-76(29-31-77)47-22-23-48-50(35-47)94-65-59(73-48)55-56-62(84)44(8)64-57(55)66(86)70(9,93-64)92-32-26-49(90-10)43(7)61(83)42(6)34-40(4)33-39(3)15-14-16-41(5)67(87)75-60(65)63(56)85/h14-16,18-26,32,35,38-40,42-43,49,58,61,83-84H,11-13,17,27-31,33-34,36-37H2,1-10H3,(H,71,88)(H,72,80)(H,74,79)(H,75,87)/b15-14+,32-26+,41-16-/t39-,40+,42+,43+,49-,58?,61-,70-/m0/s1. The number of unbranched alkanes of at least 4 members (excludes halogenated alkanes) is 2. The number of methoxy groups -OCH3 is 1. The van der Waals surface area contributed by atoms with Gasteiger partial charge in [-0.15, -0.1) is 11.3 Å². The summed E-state index contributed by atoms with van der Waals surface area (Å²) in [6, 6.07) is 11.4. The lowest BCUT2D eigenvalue weighted by molar-refractivity contribution is -0.137. The average molecular weight is 1310 g/mol. The quantitative estimate of drug-likeness (QED) is 0.0232. The van der Waals surface area contributed by atoms with Gasteiger partial charge in [-0.1, -0.05) is 78.3 Å². The number of ketones is 1. The molecule has 1 unspecified atom stereocenters. The van der Waals surface area contributed by atoms with E-state index in [0.29, 0.717) is 72.5 Å². The highest BCUT2D eigenvalue weighted by Gasteiger charge is 2.50. The summed E-state index contributed by atoms with van der Waals surface area (Å²) >= 11 is 1.18. The van der Waals surface area contributed by atoms with Crippen molar-refractivity contribution in [3.63, 3.8) is 0 Å². The number of carbonyl (C=O) groups is 8. The van der Waals surface area contributed by atoms with E-state index in [1.165, 1.54) is 50.7 Å². The van der Waals surface area contributed by atoms with Crippen molar-refractivity contribution in [3.05, 3.63) is 118 Å². The molecule has 0 radical (unpaired) electrons. The molecule has 7 amide bonds. The highest BCUT2D eigenvalue weighted by molar-refractivity contribution is 7.22. The number of imide groups is 1. The number of piperazine rings is 1. The number of carbonyl (C=O) groups excluding carboxylic acids is 8. The van der Waals surface area contributed by atoms with E-state index in [0.717, 1.165) is 23.4 Å². The number of aliphatic hydroxyl groups is 1. The Hall–Kier alpha value is -9.00. The molecule has 5 heterocycles. The smallest absolute Gasteiger partial charge is 0.410 e. The third-order valence-corrected chi connectivity index (χ3v) is 19.0. The molecule has 1 aliphatic carbocycles. The Morgan fingerprint density at radius 3 is 2.30 bits per heavy atom. The van der Waals surface area contributed by atoms with Crippen LogP contribution < -0.4 is 36.3 Å². The van der Waals surface area contributed by atoms with Crippen LogP contribution >= 0.6 is 11.3 Å². The van der Waals surface area contributed by atoms with Crippen LogP contribution in [0.3, 0.4) is 0 Å². The number of aromatic hydroxyl groups is 1. The predicted molar refractivity (Wildman–Crippen MR) is 357 cm³/mol. The number of allylic oxidation sites excluding steroid dienone is 3. The molecule has 8 atom stereocenters. The first kappa shape index (κ1) is 69.3. The second kappa shape index (κ2) is 30.0. The lowest BCUT2D eigenvalue weighted by Crippen LogP contribution is -2.51. The number of aromatic nitrogens is 1. The van der Waals surface area contributed by atoms with Crippen molar-refractivity contribution < 1.29 is 67.5 Å². The molecule has 94 heavy (non-hydrogen) atoms. The van der Waals surface area contributed by atoms with Gasteiger partial charge in [0.2, 0.25) is 23.2 Å². The highest BCUT2D eigenvalue weighted by atomic mass is 32.1. The topological polar surface area (TPSA) is 302 Å². The number of nitrogens with zero attached hydrogens (tertiary/aromatic N) is 4. The van der Waals surface area contributed by atoms with E-state index in [1.807, 2.05) is 44.2 Å². The van der Waals surface area contributed by atoms with E-state index in [2.05, 4.69) is 40.0 Å². The van der Waals surface area contributed by atoms with Gasteiger partial charge in [0.05, 0.1) is 56.8 Å². The number of benzene rings is 4. The van der Waals surface area contributed by atoms with E-state index in [1.54, 1.807) is 62.1 Å². The van der Waals surface area contributed by atoms with E-state index in [4.69, 9.17) is 23.9 Å². The fourth-order valence-electron chi connectivity index (χ4n) is 12.5. The minimum Gasteiger partial charge on any atom is -0.507 e. The van der Waals surface area contributed by atoms with Gasteiger partial charge >= 0.3 is 11.9 Å². The summed E-state index contributed by atoms with van der Waals surface area (Å²) in [5.74, 6) is -5.99. The fourth-order valence-corrected chi connectivity index (χ4v) is 13.6. The second-order valence-electron chi connectivity index (χ2n) is 25.5. The lowest BCUT2D eigenvalue weighted by Gasteiger charge is -2.35. The maximum atomic E-state index is 15.1. The number of rotatable bonds is 16. The van der Waals surface area contributed by atoms with Gasteiger partial charge in [-0.25, -0.2) is 9.78 Å². The molecule has 6 aliphatic rings. The van der Waals surface area contributed by atoms with Crippen molar-refractivity contribution in [2.45, 2.75) is 131 Å². The number of ether oxygens (including phenoxy) is 4. The van der Waals surface area contributed by atoms with Gasteiger partial charge in [0.25, 0.3) is 23.5 Å². The van der Waals surface area contributed by atoms with E-state index in [-0.39, 0.29) is 117 Å². The number of hydrogen-bond acceptors (Lipinski definition) is 18. The van der Waals surface area contributed by atoms with Crippen LogP contribution in [0.1, 0.15) is 115 Å². The van der Waals surface area contributed by atoms with Crippen LogP contribution in [0.25, 0.3) is 31.6 Å². The van der Waals surface area contributed by atoms with Gasteiger partial charge in [0.15, 0.2) is 0 Å². The van der Waals surface area contributed by atoms with Crippen LogP contribution in [-0.4, -0.2) is 143 Å². The van der Waals surface area contributed by atoms with Crippen LogP contribution in [0.5, 0.6) is 11.5 Å². The Kier molecular flexibility index (Phi) is 22.1. The van der Waals surface area contributed by atoms with Gasteiger partial charge in [0.1, 0.15) is 29.8 Å². The van der Waals surface area contributed by atoms with Crippen LogP contribution in [0.15, 0.2) is 95.6 Å². The number of phenolic OH excluding ortho intramolecular Hbond substituents is 1. The molecule has 9 rings (SSSR count). The lowest BCUT2D eigenvalue weighted by atomic mass is 9.82. The molecule has 5 aliphatic heterocycles. The normalized spacial score (nSPS) is 23.7. The average Bonchev–Trinajstić information content (AvgIpc) is 1.39. The van der Waals surface area contributed by atoms with E-state index < -0.39 is 64.8 Å². The summed E-state index contributed by atoms with van der Waals surface area (Å²) in [5, 5.41) is 34.3. The predicted octanol–water partition coefficient (Wildman–Crippen LogP) is 9.04. The number of anilines is 3. The van der Waals surface area contributed by atoms with E-state index in [9.17, 15) is 48.6 Å². The van der Waals surface area contributed by atoms with Crippen molar-refractivity contribution in [2.24, 2.45) is 29.6 Å². The van der Waals surface area contributed by atoms with Crippen LogP contribution in [0.2, 0.25) is 0 Å². The van der Waals surface area contributed by atoms with Gasteiger partial charge in [-0.2, -0.15) is 0 Å². The summed E-state index contributed by atoms with van der Waals surface area (Å²) in [4.78, 5) is 130. The third-order valence-electron chi connectivity index (χ3n) is 17.9. The molecule has 23 nitrogen and oxygen atoms in total. The van der Waals surface area contributed by atoms with Crippen molar-refractivity contribution in [1.82, 2.24) is 25.4 Å². The summed E-state index contributed by atoms with van der Waals surface area (Å²) in [6.45, 7) is 17.7. The third kappa shape index (κ3) is 15.6. The van der Waals surface area contributed by atoms with Crippen molar-refractivity contribution in [2.75, 3.05) is 61.9 Å². The molecule has 0 saturated carbocycles. The Morgan fingerprint density at radius 2 is 1.61 bits per heavy atom. The SMILES string of the molecule is CO[C@H]1/C=C/O[C@@]2(C)Oc3c(C)c(O)c4c(=O)c(c5sc6cc(N7CCN(C(=O)OCc8ccc(NC(=O)CNC(=O)C(NC(=O)CCCCCN9C(=O)C=CC9=O)C(C)C)cc8)CC7)ccc6nc-5c4c3C2=O)NC(=O)/C(C)=C\C=C\[C@H](C)C[C@@H](C)C[C@@H](C)[C@H](O)[C@@H]1C. The Bertz CT molecular complexity index is 3890. The molecular weight excluding hydrogens is 1220 g/mol. The van der Waals surface area contributed by atoms with Crippen LogP contribution in [0.4, 0.5) is 21.9 Å². The van der Waals surface area contributed by atoms with Crippen LogP contribution in [0, 0.1) is 36.5 Å². The zero-order chi connectivity index (χ0) is 67.9. The van der Waals surface area contributed by atoms with E-state index >= 15 is 4.79 Å². The first-order valence-electron chi connectivity index (χ1n) is 32.0. The summed E-state index contributed by atoms with van der Waals surface area (Å²) in [7, 11) is 1.53. The molecule has 1 saturated heterocycles. The summed E-state index contributed by atoms with van der Waals surface area (Å²) in [5.41, 5.74) is 2.08. The summed E-state index contributed by atoms with van der Waals surface area (Å²) < 4.78 is 24.6. The first-order valence-corrected chi connectivity index (χ1v) is 32.8. The molecule has 0 spiro atoms. The minimum atomic E-state index is -1.97. The van der Waals surface area contributed by atoms with Crippen molar-refractivity contribution in [1.29, 1.82) is 0 Å². The molecule has 24 heteroatoms. The second-order valence-corrected chi connectivity index (χ2v) is 26.6. The highest BCUT2D eigenvalue weighted by Crippen LogP contribution is 2.51. The molecule has 1 fully saturated rings. The Morgan fingerprint density at radius 1 is 0.894 bits per heavy atom. The zero-order valence-corrected chi connectivity index (χ0v) is 55.6. The number of phenols is 1. The van der Waals surface area contributed by atoms with Gasteiger partial charge in [-0.3, -0.25) is 43.3 Å².